The predicted octanol–water partition coefficient (Wildman–Crippen LogP) is 14.0. The zero-order valence-electron chi connectivity index (χ0n) is 68.1. The lowest BCUT2D eigenvalue weighted by Crippen LogP contribution is -2.36. The molecular weight excluding hydrogens is 1600 g/mol. The van der Waals surface area contributed by atoms with Crippen molar-refractivity contribution in [2.45, 2.75) is 81.9 Å². The predicted molar refractivity (Wildman–Crippen MR) is 479 cm³/mol. The van der Waals surface area contributed by atoms with Gasteiger partial charge in [-0.3, -0.25) is 51.2 Å². The van der Waals surface area contributed by atoms with Crippen molar-refractivity contribution in [2.75, 3.05) is 73.6 Å². The normalized spacial score (nSPS) is 14.3. The van der Waals surface area contributed by atoms with Gasteiger partial charge in [0.15, 0.2) is 22.6 Å². The van der Waals surface area contributed by atoms with Crippen molar-refractivity contribution in [1.82, 2.24) is 91.4 Å². The van der Waals surface area contributed by atoms with Gasteiger partial charge in [-0.2, -0.15) is 4.31 Å². The molecule has 18 heterocycles. The number of anilines is 8. The Hall–Kier alpha value is -15.3. The van der Waals surface area contributed by atoms with Gasteiger partial charge in [-0.25, -0.2) is 43.3 Å². The molecule has 632 valence electrons. The molecule has 32 nitrogen and oxygen atoms in total. The smallest absolute Gasteiger partial charge is 0.291 e. The van der Waals surface area contributed by atoms with Crippen LogP contribution >= 0.6 is 0 Å². The number of imidazole rings is 4. The van der Waals surface area contributed by atoms with E-state index in [1.165, 1.54) is 12.8 Å². The monoisotopic (exact) mass is 1690 g/mol. The average molecular weight is 1690 g/mol. The lowest BCUT2D eigenvalue weighted by atomic mass is 10.1. The molecule has 0 aliphatic carbocycles. The van der Waals surface area contributed by atoms with Crippen molar-refractivity contribution < 1.29 is 22.8 Å². The molecule has 0 bridgehead atoms. The van der Waals surface area contributed by atoms with Crippen molar-refractivity contribution >= 4 is 95.8 Å². The molecule has 0 atom stereocenters. The van der Waals surface area contributed by atoms with Gasteiger partial charge in [-0.05, 0) is 204 Å². The number of fused-ring (bicyclic) bond motifs is 4. The minimum absolute atomic E-state index is 0.0101. The Bertz CT molecular complexity index is 6450. The first-order valence-electron chi connectivity index (χ1n) is 41.6. The molecule has 4 aliphatic heterocycles. The van der Waals surface area contributed by atoms with Crippen molar-refractivity contribution in [3.8, 4) is 45.0 Å². The summed E-state index contributed by atoms with van der Waals surface area (Å²) < 4.78 is 35.0. The fourth-order valence-corrected chi connectivity index (χ4v) is 17.5. The van der Waals surface area contributed by atoms with Crippen LogP contribution in [0.2, 0.25) is 0 Å². The number of rotatable bonds is 17. The molecule has 8 N–H and O–H groups in total. The van der Waals surface area contributed by atoms with Gasteiger partial charge in [0.2, 0.25) is 38.1 Å². The number of sulfonamides is 1. The summed E-state index contributed by atoms with van der Waals surface area (Å²) >= 11 is 0. The molecule has 4 fully saturated rings. The minimum atomic E-state index is -3.46. The van der Waals surface area contributed by atoms with Gasteiger partial charge in [-0.1, -0.05) is 6.42 Å². The van der Waals surface area contributed by atoms with Gasteiger partial charge in [0.25, 0.3) is 17.7 Å². The number of hydrogen-bond acceptors (Lipinski definition) is 20. The number of amides is 3. The second-order valence-electron chi connectivity index (χ2n) is 30.6. The fourth-order valence-electron chi connectivity index (χ4n) is 16.0. The summed E-state index contributed by atoms with van der Waals surface area (Å²) in [7, 11) is -3.46. The standard InChI is InChI=1S/C24H23N5O2.C23H22N6O2.C23H23N5O3S.C22H21N7O2/c30-22-16-18(10-11-25-22)21-9-8-20(23-26-12-15-29(21)23)27-19-6-4-17(5-7-19)24(31)28-13-2-1-3-14-28;30-21-14-16(8-9-24-21)20-7-6-18(22-25-10-13-29(20)22)27-17-4-5-19(26-15-17)23(31)28-11-2-1-3-12-28;29-22-16-17(10-11-24-22)21-9-8-20(23-25-12-15-28(21)23)26-18-4-6-19(7-5-18)32(30,31)27-13-2-1-3-14-27;30-19-12-15(6-7-23-19)18-5-4-17(21-24-8-11-29(18)21)27-16-13-25-20(26-14-16)22(31)28-9-2-1-3-10-28/h4-12,15-16,27H,1-3,13-14H2,(H,25,30);4-10,13-15,27H,1-3,11-12H2,(H,24,30);4-12,15-16,26H,1-3,13-14H2,(H,24,29);4-8,11-14,27H,1-3,9-10H2,(H,23,30). The first kappa shape index (κ1) is 82.1. The van der Waals surface area contributed by atoms with Gasteiger partial charge < -0.3 is 55.9 Å². The third-order valence-corrected chi connectivity index (χ3v) is 24.2. The number of H-pyrrole nitrogens is 4. The van der Waals surface area contributed by atoms with E-state index in [1.54, 1.807) is 127 Å². The van der Waals surface area contributed by atoms with Crippen molar-refractivity contribution in [3.63, 3.8) is 0 Å². The van der Waals surface area contributed by atoms with Crippen LogP contribution in [0.1, 0.15) is 109 Å². The molecule has 14 aromatic heterocycles. The maximum Gasteiger partial charge on any atom is 0.291 e. The highest BCUT2D eigenvalue weighted by Gasteiger charge is 2.28. The van der Waals surface area contributed by atoms with Gasteiger partial charge in [0.1, 0.15) is 5.69 Å². The number of pyridine rings is 9. The van der Waals surface area contributed by atoms with E-state index in [4.69, 9.17) is 0 Å². The first-order valence-corrected chi connectivity index (χ1v) is 43.1. The van der Waals surface area contributed by atoms with E-state index in [-0.39, 0.29) is 45.8 Å². The van der Waals surface area contributed by atoms with Crippen LogP contribution in [0.25, 0.3) is 67.6 Å². The van der Waals surface area contributed by atoms with Crippen molar-refractivity contribution in [3.05, 3.63) is 309 Å². The summed E-state index contributed by atoms with van der Waals surface area (Å²) in [5.41, 5.74) is 16.3. The van der Waals surface area contributed by atoms with Crippen molar-refractivity contribution in [1.29, 1.82) is 0 Å². The quantitative estimate of drug-likeness (QED) is 0.0420. The summed E-state index contributed by atoms with van der Waals surface area (Å²) in [6.45, 7) is 5.99. The minimum Gasteiger partial charge on any atom is -0.352 e. The number of hydrogen-bond donors (Lipinski definition) is 8. The summed E-state index contributed by atoms with van der Waals surface area (Å²) in [6.07, 6.45) is 38.4. The van der Waals surface area contributed by atoms with E-state index < -0.39 is 10.0 Å². The number of piperidine rings is 4. The van der Waals surface area contributed by atoms with Gasteiger partial charge in [0, 0.05) is 190 Å². The number of aromatic amines is 4. The van der Waals surface area contributed by atoms with Gasteiger partial charge >= 0.3 is 0 Å². The van der Waals surface area contributed by atoms with E-state index in [2.05, 4.69) is 76.1 Å². The molecule has 125 heavy (non-hydrogen) atoms. The van der Waals surface area contributed by atoms with E-state index in [0.29, 0.717) is 46.2 Å². The Morgan fingerprint density at radius 2 is 0.632 bits per heavy atom. The van der Waals surface area contributed by atoms with E-state index in [9.17, 15) is 42.0 Å². The maximum absolute atomic E-state index is 12.9. The van der Waals surface area contributed by atoms with Gasteiger partial charge in [0.05, 0.1) is 80.4 Å². The molecule has 0 unspecified atom stereocenters. The van der Waals surface area contributed by atoms with Crippen LogP contribution in [0.5, 0.6) is 0 Å². The Morgan fingerprint density at radius 1 is 0.312 bits per heavy atom. The Labute approximate surface area is 715 Å². The van der Waals surface area contributed by atoms with Crippen LogP contribution in [0, 0.1) is 0 Å². The first-order chi connectivity index (χ1) is 61.1. The van der Waals surface area contributed by atoms with Crippen LogP contribution in [0.3, 0.4) is 0 Å². The SMILES string of the molecule is O=C(c1ccc(Nc2ccc(-c3cc[nH]c(=O)c3)n3ccnc23)cc1)N1CCCCC1.O=C(c1ccc(Nc2ccc(-c3cc[nH]c(=O)c3)n3ccnc23)cn1)N1CCCCC1.O=C(c1ncc(Nc2ccc(-c3cc[nH]c(=O)c3)n3ccnc23)cn1)N1CCCCC1.O=c1cc(-c2ccc(Nc3ccc(S(=O)(=O)N4CCCCC4)cc3)c3nccn23)cc[nH]1. The summed E-state index contributed by atoms with van der Waals surface area (Å²) in [4.78, 5) is 132. The van der Waals surface area contributed by atoms with E-state index >= 15 is 0 Å². The Balaban J connectivity index is 0.000000118. The number of aromatic nitrogens is 15. The Kier molecular flexibility index (Phi) is 24.6. The molecule has 4 aliphatic rings. The molecule has 2 aromatic carbocycles. The highest BCUT2D eigenvalue weighted by atomic mass is 32.2. The number of nitrogens with zero attached hydrogens (tertiary/aromatic N) is 15. The highest BCUT2D eigenvalue weighted by Crippen LogP contribution is 2.34. The highest BCUT2D eigenvalue weighted by molar-refractivity contribution is 7.89. The third-order valence-electron chi connectivity index (χ3n) is 22.3. The zero-order chi connectivity index (χ0) is 85.8. The van der Waals surface area contributed by atoms with E-state index in [1.807, 2.05) is 160 Å². The summed E-state index contributed by atoms with van der Waals surface area (Å²) in [5.74, 6) is 0.181. The van der Waals surface area contributed by atoms with Gasteiger partial charge in [-0.15, -0.1) is 0 Å². The van der Waals surface area contributed by atoms with E-state index in [0.717, 1.165) is 200 Å². The molecular formula is C92H89N23O9S. The fraction of sp³-hybridized carbons (Fsp3) is 0.217. The summed E-state index contributed by atoms with van der Waals surface area (Å²) in [6, 6.07) is 47.0. The third kappa shape index (κ3) is 18.8. The number of benzene rings is 2. The molecule has 0 radical (unpaired) electrons. The molecule has 0 saturated carbocycles. The number of carbonyl (C=O) groups is 3. The molecule has 3 amide bonds. The maximum atomic E-state index is 12.9. The zero-order valence-corrected chi connectivity index (χ0v) is 68.9. The number of likely N-dealkylation sites (tertiary alicyclic amines) is 3. The molecule has 0 spiro atoms. The van der Waals surface area contributed by atoms with Crippen LogP contribution < -0.4 is 43.5 Å². The second kappa shape index (κ2) is 37.4. The topological polar surface area (TPSA) is 386 Å². The summed E-state index contributed by atoms with van der Waals surface area (Å²) in [5, 5.41) is 13.3. The van der Waals surface area contributed by atoms with Crippen LogP contribution in [0.4, 0.5) is 45.5 Å². The van der Waals surface area contributed by atoms with Crippen LogP contribution in [0.15, 0.2) is 275 Å². The number of nitrogens with one attached hydrogen (secondary N) is 8. The molecule has 16 aromatic rings. The molecule has 33 heteroatoms. The van der Waals surface area contributed by atoms with Crippen molar-refractivity contribution in [2.24, 2.45) is 0 Å². The number of carbonyl (C=O) groups excluding carboxylic acids is 3. The Morgan fingerprint density at radius 3 is 0.992 bits per heavy atom. The lowest BCUT2D eigenvalue weighted by Gasteiger charge is -2.26. The average Bonchev–Trinajstić information content (AvgIpc) is 1.68. The molecule has 20 rings (SSSR count). The van der Waals surface area contributed by atoms with Crippen LogP contribution in [-0.2, 0) is 10.0 Å². The molecule has 4 saturated heterocycles. The largest absolute Gasteiger partial charge is 0.352 e. The van der Waals surface area contributed by atoms with Crippen LogP contribution in [-0.4, -0.2) is 170 Å². The second-order valence-corrected chi connectivity index (χ2v) is 32.6. The lowest BCUT2D eigenvalue weighted by molar-refractivity contribution is 0.0707.